The lowest BCUT2D eigenvalue weighted by atomic mass is 10.3. The number of rotatable bonds is 8. The molecule has 0 spiro atoms. The van der Waals surface area contributed by atoms with Crippen molar-refractivity contribution in [1.82, 2.24) is 10.3 Å². The Morgan fingerprint density at radius 1 is 1.24 bits per heavy atom. The number of hydrogen-bond acceptors (Lipinski definition) is 6. The third-order valence-corrected chi connectivity index (χ3v) is 4.59. The molecule has 0 bridgehead atoms. The van der Waals surface area contributed by atoms with Crippen molar-refractivity contribution in [2.75, 3.05) is 13.2 Å². The molecule has 2 aromatic rings. The number of carbonyl (C=O) groups is 2. The van der Waals surface area contributed by atoms with Crippen molar-refractivity contribution in [3.05, 3.63) is 39.8 Å². The molecule has 0 saturated carbocycles. The summed E-state index contributed by atoms with van der Waals surface area (Å²) in [6.45, 7) is 5.72. The predicted molar refractivity (Wildman–Crippen MR) is 93.5 cm³/mol. The van der Waals surface area contributed by atoms with Crippen LogP contribution in [0.1, 0.15) is 40.3 Å². The van der Waals surface area contributed by atoms with Crippen molar-refractivity contribution in [2.45, 2.75) is 26.8 Å². The number of carboxylic acid groups (broad SMARTS) is 1. The average Bonchev–Trinajstić information content (AvgIpc) is 2.97. The van der Waals surface area contributed by atoms with Gasteiger partial charge in [0.1, 0.15) is 21.4 Å². The van der Waals surface area contributed by atoms with Crippen LogP contribution >= 0.6 is 11.3 Å². The molecule has 2 rings (SSSR count). The first-order valence-electron chi connectivity index (χ1n) is 7.76. The average molecular weight is 364 g/mol. The van der Waals surface area contributed by atoms with Crippen molar-refractivity contribution in [1.29, 1.82) is 0 Å². The lowest BCUT2D eigenvalue weighted by Crippen LogP contribution is -2.31. The Labute approximate surface area is 149 Å². The number of ether oxygens (including phenoxy) is 2. The first kappa shape index (κ1) is 18.7. The highest BCUT2D eigenvalue weighted by molar-refractivity contribution is 7.13. The summed E-state index contributed by atoms with van der Waals surface area (Å²) in [4.78, 5) is 27.4. The van der Waals surface area contributed by atoms with Crippen LogP contribution in [0, 0.1) is 6.92 Å². The summed E-state index contributed by atoms with van der Waals surface area (Å²) in [5, 5.41) is 12.3. The molecule has 0 radical (unpaired) electrons. The van der Waals surface area contributed by atoms with Crippen LogP contribution in [-0.4, -0.2) is 35.2 Å². The van der Waals surface area contributed by atoms with Gasteiger partial charge >= 0.3 is 5.97 Å². The van der Waals surface area contributed by atoms with Gasteiger partial charge in [0.05, 0.1) is 18.3 Å². The number of aromatic carboxylic acids is 1. The minimum atomic E-state index is -1.02. The molecular weight excluding hydrogens is 344 g/mol. The van der Waals surface area contributed by atoms with E-state index in [2.05, 4.69) is 10.3 Å². The molecule has 1 amide bonds. The summed E-state index contributed by atoms with van der Waals surface area (Å²) >= 11 is 1.06. The highest BCUT2D eigenvalue weighted by Crippen LogP contribution is 2.23. The maximum Gasteiger partial charge on any atom is 0.347 e. The largest absolute Gasteiger partial charge is 0.494 e. The van der Waals surface area contributed by atoms with E-state index in [1.54, 1.807) is 38.1 Å². The van der Waals surface area contributed by atoms with Gasteiger partial charge in [-0.15, -0.1) is 11.3 Å². The van der Waals surface area contributed by atoms with Crippen molar-refractivity contribution in [3.63, 3.8) is 0 Å². The Hall–Kier alpha value is -2.61. The number of nitrogens with one attached hydrogen (secondary N) is 1. The monoisotopic (exact) mass is 364 g/mol. The zero-order chi connectivity index (χ0) is 18.4. The van der Waals surface area contributed by atoms with E-state index in [0.29, 0.717) is 23.1 Å². The second-order valence-electron chi connectivity index (χ2n) is 5.25. The van der Waals surface area contributed by atoms with Crippen LogP contribution in [0.2, 0.25) is 0 Å². The lowest BCUT2D eigenvalue weighted by Gasteiger charge is -2.12. The van der Waals surface area contributed by atoms with Gasteiger partial charge in [0, 0.05) is 0 Å². The summed E-state index contributed by atoms with van der Waals surface area (Å²) in [6, 6.07) is 6.60. The number of hydrogen-bond donors (Lipinski definition) is 2. The van der Waals surface area contributed by atoms with Gasteiger partial charge < -0.3 is 19.9 Å². The molecule has 7 nitrogen and oxygen atoms in total. The predicted octanol–water partition coefficient (Wildman–Crippen LogP) is 2.80. The first-order chi connectivity index (χ1) is 11.9. The van der Waals surface area contributed by atoms with Crippen LogP contribution in [0.25, 0.3) is 0 Å². The summed E-state index contributed by atoms with van der Waals surface area (Å²) in [5.41, 5.74) is 0.444. The molecule has 1 unspecified atom stereocenters. The van der Waals surface area contributed by atoms with Gasteiger partial charge in [-0.25, -0.2) is 9.78 Å². The molecule has 0 saturated heterocycles. The molecule has 1 aromatic carbocycles. The molecule has 0 aliphatic heterocycles. The van der Waals surface area contributed by atoms with Gasteiger partial charge in [-0.2, -0.15) is 0 Å². The Kier molecular flexibility index (Phi) is 6.35. The molecule has 8 heteroatoms. The molecule has 0 aliphatic carbocycles. The highest BCUT2D eigenvalue weighted by atomic mass is 32.1. The van der Waals surface area contributed by atoms with Crippen molar-refractivity contribution < 1.29 is 24.2 Å². The topological polar surface area (TPSA) is 97.8 Å². The fraction of sp³-hybridized carbons (Fsp3) is 0.353. The number of carbonyl (C=O) groups excluding carboxylic acids is 1. The lowest BCUT2D eigenvalue weighted by molar-refractivity contribution is -0.123. The molecule has 1 aromatic heterocycles. The minimum absolute atomic E-state index is 0.144. The van der Waals surface area contributed by atoms with Crippen LogP contribution < -0.4 is 14.8 Å². The second kappa shape index (κ2) is 8.48. The smallest absolute Gasteiger partial charge is 0.347 e. The first-order valence-corrected chi connectivity index (χ1v) is 8.58. The highest BCUT2D eigenvalue weighted by Gasteiger charge is 2.19. The molecule has 0 aliphatic rings. The van der Waals surface area contributed by atoms with Crippen LogP contribution in [-0.2, 0) is 4.79 Å². The van der Waals surface area contributed by atoms with E-state index < -0.39 is 12.0 Å². The standard InChI is InChI=1S/C17H20N2O5S/c1-4-23-12-5-7-13(8-6-12)24-9-14(20)18-11(3)16-19-10(2)15(25-16)17(21)22/h5-8,11H,4,9H2,1-3H3,(H,18,20)(H,21,22). The van der Waals surface area contributed by atoms with Gasteiger partial charge in [-0.1, -0.05) is 0 Å². The van der Waals surface area contributed by atoms with E-state index >= 15 is 0 Å². The second-order valence-corrected chi connectivity index (χ2v) is 6.28. The van der Waals surface area contributed by atoms with Gasteiger partial charge in [0.2, 0.25) is 0 Å². The van der Waals surface area contributed by atoms with Crippen LogP contribution in [0.15, 0.2) is 24.3 Å². The molecular formula is C17H20N2O5S. The molecule has 0 fully saturated rings. The Morgan fingerprint density at radius 2 is 1.84 bits per heavy atom. The molecule has 134 valence electrons. The van der Waals surface area contributed by atoms with Crippen molar-refractivity contribution in [3.8, 4) is 11.5 Å². The van der Waals surface area contributed by atoms with E-state index in [1.165, 1.54) is 0 Å². The zero-order valence-electron chi connectivity index (χ0n) is 14.2. The van der Waals surface area contributed by atoms with Crippen molar-refractivity contribution in [2.24, 2.45) is 0 Å². The number of amides is 1. The number of aryl methyl sites for hydroxylation is 1. The summed E-state index contributed by atoms with van der Waals surface area (Å²) < 4.78 is 10.8. The van der Waals surface area contributed by atoms with Crippen LogP contribution in [0.4, 0.5) is 0 Å². The Balaban J connectivity index is 1.87. The fourth-order valence-corrected chi connectivity index (χ4v) is 3.00. The molecule has 25 heavy (non-hydrogen) atoms. The molecule has 1 heterocycles. The van der Waals surface area contributed by atoms with E-state index in [4.69, 9.17) is 14.6 Å². The maximum atomic E-state index is 12.0. The van der Waals surface area contributed by atoms with Crippen LogP contribution in [0.5, 0.6) is 11.5 Å². The number of thiazole rings is 1. The summed E-state index contributed by atoms with van der Waals surface area (Å²) in [5.74, 6) is -0.0319. The normalized spacial score (nSPS) is 11.6. The molecule has 1 atom stereocenters. The van der Waals surface area contributed by atoms with Crippen molar-refractivity contribution >= 4 is 23.2 Å². The number of carboxylic acids is 1. The Bertz CT molecular complexity index is 742. The van der Waals surface area contributed by atoms with Gasteiger partial charge in [0.25, 0.3) is 5.91 Å². The number of aromatic nitrogens is 1. The van der Waals surface area contributed by atoms with Gasteiger partial charge in [-0.3, -0.25) is 4.79 Å². The third-order valence-electron chi connectivity index (χ3n) is 3.26. The summed E-state index contributed by atoms with van der Waals surface area (Å²) in [6.07, 6.45) is 0. The van der Waals surface area contributed by atoms with E-state index in [1.807, 2.05) is 6.92 Å². The maximum absolute atomic E-state index is 12.0. The minimum Gasteiger partial charge on any atom is -0.494 e. The van der Waals surface area contributed by atoms with Gasteiger partial charge in [-0.05, 0) is 45.0 Å². The number of nitrogens with zero attached hydrogens (tertiary/aromatic N) is 1. The quantitative estimate of drug-likeness (QED) is 0.747. The molecule has 2 N–H and O–H groups in total. The Morgan fingerprint density at radius 3 is 2.36 bits per heavy atom. The van der Waals surface area contributed by atoms with Crippen LogP contribution in [0.3, 0.4) is 0 Å². The third kappa shape index (κ3) is 5.18. The summed E-state index contributed by atoms with van der Waals surface area (Å²) in [7, 11) is 0. The fourth-order valence-electron chi connectivity index (χ4n) is 2.09. The van der Waals surface area contributed by atoms with E-state index in [9.17, 15) is 9.59 Å². The van der Waals surface area contributed by atoms with Gasteiger partial charge in [0.15, 0.2) is 6.61 Å². The van der Waals surface area contributed by atoms with E-state index in [0.717, 1.165) is 17.1 Å². The van der Waals surface area contributed by atoms with E-state index in [-0.39, 0.29) is 17.4 Å². The number of benzene rings is 1. The SMILES string of the molecule is CCOc1ccc(OCC(=O)NC(C)c2nc(C)c(C(=O)O)s2)cc1. The zero-order valence-corrected chi connectivity index (χ0v) is 15.1.